The molecule has 0 aromatic heterocycles. The lowest BCUT2D eigenvalue weighted by Gasteiger charge is -2.05. The van der Waals surface area contributed by atoms with Gasteiger partial charge in [0.25, 0.3) is 0 Å². The van der Waals surface area contributed by atoms with Crippen LogP contribution in [0.25, 0.3) is 10.8 Å². The molecule has 0 heterocycles. The summed E-state index contributed by atoms with van der Waals surface area (Å²) in [6, 6.07) is 12.2. The van der Waals surface area contributed by atoms with Crippen LogP contribution >= 0.6 is 0 Å². The Kier molecular flexibility index (Phi) is 3.55. The fourth-order valence-electron chi connectivity index (χ4n) is 1.99. The first kappa shape index (κ1) is 11.8. The van der Waals surface area contributed by atoms with Gasteiger partial charge in [-0.2, -0.15) is 0 Å². The summed E-state index contributed by atoms with van der Waals surface area (Å²) in [5.74, 6) is 0.200. The number of ketones is 1. The third-order valence-electron chi connectivity index (χ3n) is 2.93. The lowest BCUT2D eigenvalue weighted by atomic mass is 10.0. The van der Waals surface area contributed by atoms with Crippen LogP contribution in [-0.4, -0.2) is 12.8 Å². The maximum absolute atomic E-state index is 11.6. The monoisotopic (exact) mass is 227 g/mol. The molecule has 2 aromatic carbocycles. The van der Waals surface area contributed by atoms with Crippen molar-refractivity contribution in [2.75, 3.05) is 7.05 Å². The second kappa shape index (κ2) is 5.11. The molecule has 2 nitrogen and oxygen atoms in total. The number of fused-ring (bicyclic) bond motifs is 1. The van der Waals surface area contributed by atoms with E-state index in [1.165, 1.54) is 10.9 Å². The predicted octanol–water partition coefficient (Wildman–Crippen LogP) is 3.15. The molecule has 88 valence electrons. The normalized spacial score (nSPS) is 10.7. The average Bonchev–Trinajstić information content (AvgIpc) is 2.37. The zero-order valence-electron chi connectivity index (χ0n) is 10.3. The molecule has 0 atom stereocenters. The molecular weight excluding hydrogens is 210 g/mol. The van der Waals surface area contributed by atoms with Crippen molar-refractivity contribution in [2.24, 2.45) is 0 Å². The Balaban J connectivity index is 2.43. The highest BCUT2D eigenvalue weighted by Crippen LogP contribution is 2.18. The molecule has 2 rings (SSSR count). The summed E-state index contributed by atoms with van der Waals surface area (Å²) in [4.78, 5) is 11.6. The fourth-order valence-corrected chi connectivity index (χ4v) is 1.99. The van der Waals surface area contributed by atoms with E-state index in [9.17, 15) is 4.79 Å². The van der Waals surface area contributed by atoms with E-state index in [4.69, 9.17) is 0 Å². The van der Waals surface area contributed by atoms with Crippen molar-refractivity contribution in [3.63, 3.8) is 0 Å². The van der Waals surface area contributed by atoms with Crippen molar-refractivity contribution >= 4 is 16.6 Å². The van der Waals surface area contributed by atoms with E-state index in [1.807, 2.05) is 32.2 Å². The number of Topliss-reactive ketones (excluding diaryl/α,β-unsaturated/α-hetero) is 1. The number of carbonyl (C=O) groups is 1. The first-order valence-electron chi connectivity index (χ1n) is 5.95. The van der Waals surface area contributed by atoms with Gasteiger partial charge in [-0.05, 0) is 35.5 Å². The van der Waals surface area contributed by atoms with Crippen molar-refractivity contribution in [1.29, 1.82) is 0 Å². The standard InChI is InChI=1S/C15H17NO/c1-3-15(17)14-7-6-12-8-11(10-16-2)4-5-13(12)9-14/h4-9,16H,3,10H2,1-2H3. The first-order chi connectivity index (χ1) is 8.24. The summed E-state index contributed by atoms with van der Waals surface area (Å²) in [6.07, 6.45) is 0.559. The molecule has 0 fully saturated rings. The largest absolute Gasteiger partial charge is 0.316 e. The lowest BCUT2D eigenvalue weighted by Crippen LogP contribution is -2.04. The molecule has 2 heteroatoms. The second-order valence-electron chi connectivity index (χ2n) is 4.20. The molecule has 0 saturated carbocycles. The van der Waals surface area contributed by atoms with Gasteiger partial charge in [-0.3, -0.25) is 4.79 Å². The van der Waals surface area contributed by atoms with Crippen LogP contribution in [0.2, 0.25) is 0 Å². The summed E-state index contributed by atoms with van der Waals surface area (Å²) >= 11 is 0. The van der Waals surface area contributed by atoms with E-state index in [0.29, 0.717) is 6.42 Å². The molecule has 0 unspecified atom stereocenters. The summed E-state index contributed by atoms with van der Waals surface area (Å²) < 4.78 is 0. The van der Waals surface area contributed by atoms with Crippen LogP contribution in [-0.2, 0) is 6.54 Å². The van der Waals surface area contributed by atoms with Gasteiger partial charge in [0.15, 0.2) is 5.78 Å². The van der Waals surface area contributed by atoms with Crippen LogP contribution in [0.4, 0.5) is 0 Å². The van der Waals surface area contributed by atoms with Gasteiger partial charge in [0.05, 0.1) is 0 Å². The number of hydrogen-bond acceptors (Lipinski definition) is 2. The Morgan fingerprint density at radius 3 is 2.53 bits per heavy atom. The molecule has 0 amide bonds. The molecular formula is C15H17NO. The highest BCUT2D eigenvalue weighted by molar-refractivity contribution is 5.99. The Hall–Kier alpha value is -1.67. The van der Waals surface area contributed by atoms with Gasteiger partial charge in [0.2, 0.25) is 0 Å². The Labute approximate surface area is 102 Å². The van der Waals surface area contributed by atoms with E-state index in [2.05, 4.69) is 23.5 Å². The quantitative estimate of drug-likeness (QED) is 0.813. The first-order valence-corrected chi connectivity index (χ1v) is 5.95. The van der Waals surface area contributed by atoms with Gasteiger partial charge in [0, 0.05) is 18.5 Å². The zero-order chi connectivity index (χ0) is 12.3. The fraction of sp³-hybridized carbons (Fsp3) is 0.267. The van der Waals surface area contributed by atoms with E-state index in [1.54, 1.807) is 0 Å². The summed E-state index contributed by atoms with van der Waals surface area (Å²) in [7, 11) is 1.94. The summed E-state index contributed by atoms with van der Waals surface area (Å²) in [5.41, 5.74) is 2.07. The molecule has 0 spiro atoms. The van der Waals surface area contributed by atoms with Crippen molar-refractivity contribution in [1.82, 2.24) is 5.32 Å². The van der Waals surface area contributed by atoms with Gasteiger partial charge in [-0.15, -0.1) is 0 Å². The van der Waals surface area contributed by atoms with Gasteiger partial charge < -0.3 is 5.32 Å². The third kappa shape index (κ3) is 2.53. The van der Waals surface area contributed by atoms with Crippen LogP contribution in [0.5, 0.6) is 0 Å². The molecule has 0 saturated heterocycles. The maximum atomic E-state index is 11.6. The average molecular weight is 227 g/mol. The molecule has 0 radical (unpaired) electrons. The number of hydrogen-bond donors (Lipinski definition) is 1. The van der Waals surface area contributed by atoms with Gasteiger partial charge in [-0.25, -0.2) is 0 Å². The minimum Gasteiger partial charge on any atom is -0.316 e. The lowest BCUT2D eigenvalue weighted by molar-refractivity contribution is 0.0988. The van der Waals surface area contributed by atoms with Crippen LogP contribution in [0.15, 0.2) is 36.4 Å². The van der Waals surface area contributed by atoms with Crippen LogP contribution in [0, 0.1) is 0 Å². The highest BCUT2D eigenvalue weighted by atomic mass is 16.1. The van der Waals surface area contributed by atoms with Crippen LogP contribution in [0.3, 0.4) is 0 Å². The molecule has 0 aliphatic rings. The minimum atomic E-state index is 0.200. The van der Waals surface area contributed by atoms with E-state index < -0.39 is 0 Å². The Morgan fingerprint density at radius 2 is 1.82 bits per heavy atom. The van der Waals surface area contributed by atoms with Crippen molar-refractivity contribution in [3.05, 3.63) is 47.5 Å². The molecule has 1 N–H and O–H groups in total. The van der Waals surface area contributed by atoms with E-state index in [-0.39, 0.29) is 5.78 Å². The van der Waals surface area contributed by atoms with Crippen molar-refractivity contribution in [3.8, 4) is 0 Å². The summed E-state index contributed by atoms with van der Waals surface area (Å²) in [5, 5.41) is 5.45. The predicted molar refractivity (Wildman–Crippen MR) is 71.3 cm³/mol. The molecule has 0 aliphatic carbocycles. The number of carbonyl (C=O) groups excluding carboxylic acids is 1. The number of rotatable bonds is 4. The minimum absolute atomic E-state index is 0.200. The van der Waals surface area contributed by atoms with Gasteiger partial charge in [-0.1, -0.05) is 31.2 Å². The Morgan fingerprint density at radius 1 is 1.12 bits per heavy atom. The number of nitrogens with one attached hydrogen (secondary N) is 1. The Bertz CT molecular complexity index is 546. The second-order valence-corrected chi connectivity index (χ2v) is 4.20. The van der Waals surface area contributed by atoms with Crippen LogP contribution < -0.4 is 5.32 Å². The molecule has 17 heavy (non-hydrogen) atoms. The smallest absolute Gasteiger partial charge is 0.162 e. The van der Waals surface area contributed by atoms with E-state index in [0.717, 1.165) is 17.5 Å². The zero-order valence-corrected chi connectivity index (χ0v) is 10.3. The highest BCUT2D eigenvalue weighted by Gasteiger charge is 2.04. The molecule has 0 bridgehead atoms. The SMILES string of the molecule is CCC(=O)c1ccc2cc(CNC)ccc2c1. The van der Waals surface area contributed by atoms with Gasteiger partial charge >= 0.3 is 0 Å². The summed E-state index contributed by atoms with van der Waals surface area (Å²) in [6.45, 7) is 2.76. The van der Waals surface area contributed by atoms with Gasteiger partial charge in [0.1, 0.15) is 0 Å². The number of benzene rings is 2. The van der Waals surface area contributed by atoms with E-state index >= 15 is 0 Å². The molecule has 2 aromatic rings. The topological polar surface area (TPSA) is 29.1 Å². The van der Waals surface area contributed by atoms with Crippen molar-refractivity contribution in [2.45, 2.75) is 19.9 Å². The molecule has 0 aliphatic heterocycles. The van der Waals surface area contributed by atoms with Crippen molar-refractivity contribution < 1.29 is 4.79 Å². The van der Waals surface area contributed by atoms with Crippen LogP contribution in [0.1, 0.15) is 29.3 Å². The maximum Gasteiger partial charge on any atom is 0.162 e. The third-order valence-corrected chi connectivity index (χ3v) is 2.93.